The summed E-state index contributed by atoms with van der Waals surface area (Å²) in [7, 11) is 0. The Hall–Kier alpha value is -0.620. The number of guanidine groups is 1. The minimum Gasteiger partial charge on any atom is -0.378 e. The lowest BCUT2D eigenvalue weighted by molar-refractivity contribution is -0.140. The van der Waals surface area contributed by atoms with E-state index in [-0.39, 0.29) is 30.5 Å². The van der Waals surface area contributed by atoms with E-state index in [4.69, 9.17) is 4.74 Å². The summed E-state index contributed by atoms with van der Waals surface area (Å²) in [5, 5.41) is 7.70. The van der Waals surface area contributed by atoms with Crippen molar-refractivity contribution in [3.8, 4) is 0 Å². The molecule has 0 aliphatic heterocycles. The molecule has 5 nitrogen and oxygen atoms in total. The highest BCUT2D eigenvalue weighted by atomic mass is 127. The minimum atomic E-state index is -4.40. The zero-order chi connectivity index (χ0) is 20.2. The molecule has 0 saturated heterocycles. The first kappa shape index (κ1) is 26.4. The number of alkyl halides is 3. The highest BCUT2D eigenvalue weighted by Crippen LogP contribution is 2.30. The van der Waals surface area contributed by atoms with Gasteiger partial charge in [-0.3, -0.25) is 0 Å². The Balaban J connectivity index is 0.00000420. The van der Waals surface area contributed by atoms with E-state index in [9.17, 15) is 13.2 Å². The molecule has 0 spiro atoms. The SMILES string of the molecule is CCNC(=NCc1nc(C(F)(F)F)cs1)NCCCCCOC1CCCCC1.I. The molecule has 1 aliphatic rings. The first-order chi connectivity index (χ1) is 13.5. The van der Waals surface area contributed by atoms with E-state index in [0.29, 0.717) is 23.6 Å². The lowest BCUT2D eigenvalue weighted by Crippen LogP contribution is -2.37. The number of nitrogens with one attached hydrogen (secondary N) is 2. The molecule has 29 heavy (non-hydrogen) atoms. The predicted octanol–water partition coefficient (Wildman–Crippen LogP) is 5.35. The van der Waals surface area contributed by atoms with Crippen molar-refractivity contribution in [3.63, 3.8) is 0 Å². The lowest BCUT2D eigenvalue weighted by Gasteiger charge is -2.21. The quantitative estimate of drug-likeness (QED) is 0.179. The van der Waals surface area contributed by atoms with Crippen LogP contribution < -0.4 is 10.6 Å². The van der Waals surface area contributed by atoms with Crippen molar-refractivity contribution in [1.29, 1.82) is 0 Å². The predicted molar refractivity (Wildman–Crippen MR) is 122 cm³/mol. The smallest absolute Gasteiger partial charge is 0.378 e. The van der Waals surface area contributed by atoms with Crippen molar-refractivity contribution >= 4 is 41.3 Å². The average Bonchev–Trinajstić information content (AvgIpc) is 3.15. The van der Waals surface area contributed by atoms with Gasteiger partial charge in [-0.15, -0.1) is 35.3 Å². The van der Waals surface area contributed by atoms with Crippen LogP contribution in [0.3, 0.4) is 0 Å². The normalized spacial score (nSPS) is 15.8. The molecule has 0 amide bonds. The number of halogens is 4. The summed E-state index contributed by atoms with van der Waals surface area (Å²) in [6, 6.07) is 0. The van der Waals surface area contributed by atoms with Crippen molar-refractivity contribution in [3.05, 3.63) is 16.1 Å². The van der Waals surface area contributed by atoms with E-state index in [1.54, 1.807) is 0 Å². The van der Waals surface area contributed by atoms with Crippen LogP contribution >= 0.6 is 35.3 Å². The van der Waals surface area contributed by atoms with Crippen LogP contribution in [0.1, 0.15) is 69.0 Å². The van der Waals surface area contributed by atoms with Gasteiger partial charge in [-0.2, -0.15) is 13.2 Å². The molecule has 2 rings (SSSR count). The molecule has 0 aromatic carbocycles. The summed E-state index contributed by atoms with van der Waals surface area (Å²) in [5.41, 5.74) is -0.851. The van der Waals surface area contributed by atoms with Crippen molar-refractivity contribution in [1.82, 2.24) is 15.6 Å². The second-order valence-corrected chi connectivity index (χ2v) is 7.88. The topological polar surface area (TPSA) is 58.5 Å². The molecular formula is C19H32F3IN4OS. The maximum absolute atomic E-state index is 12.6. The van der Waals surface area contributed by atoms with E-state index in [0.717, 1.165) is 49.1 Å². The highest BCUT2D eigenvalue weighted by Gasteiger charge is 2.33. The molecule has 1 heterocycles. The van der Waals surface area contributed by atoms with Gasteiger partial charge in [0.05, 0.1) is 12.6 Å². The largest absolute Gasteiger partial charge is 0.434 e. The van der Waals surface area contributed by atoms with Crippen LogP contribution in [0.25, 0.3) is 0 Å². The summed E-state index contributed by atoms with van der Waals surface area (Å²) < 4.78 is 43.7. The Morgan fingerprint density at radius 3 is 2.62 bits per heavy atom. The fourth-order valence-electron chi connectivity index (χ4n) is 3.09. The molecule has 0 bridgehead atoms. The van der Waals surface area contributed by atoms with E-state index < -0.39 is 11.9 Å². The molecular weight excluding hydrogens is 516 g/mol. The van der Waals surface area contributed by atoms with Crippen molar-refractivity contribution < 1.29 is 17.9 Å². The monoisotopic (exact) mass is 548 g/mol. The average molecular weight is 548 g/mol. The Kier molecular flexibility index (Phi) is 13.1. The minimum absolute atomic E-state index is 0. The van der Waals surface area contributed by atoms with Gasteiger partial charge < -0.3 is 15.4 Å². The van der Waals surface area contributed by atoms with Gasteiger partial charge in [-0.25, -0.2) is 9.98 Å². The summed E-state index contributed by atoms with van der Waals surface area (Å²) in [6.07, 6.45) is 5.50. The molecule has 2 N–H and O–H groups in total. The first-order valence-electron chi connectivity index (χ1n) is 10.1. The summed E-state index contributed by atoms with van der Waals surface area (Å²) >= 11 is 0.978. The number of unbranched alkanes of at least 4 members (excludes halogenated alkanes) is 2. The second kappa shape index (κ2) is 14.4. The number of hydrogen-bond donors (Lipinski definition) is 2. The number of rotatable bonds is 10. The van der Waals surface area contributed by atoms with E-state index >= 15 is 0 Å². The second-order valence-electron chi connectivity index (χ2n) is 6.94. The third kappa shape index (κ3) is 10.8. The Bertz CT molecular complexity index is 592. The third-order valence-electron chi connectivity index (χ3n) is 4.58. The zero-order valence-electron chi connectivity index (χ0n) is 16.9. The van der Waals surface area contributed by atoms with Gasteiger partial charge in [0.2, 0.25) is 0 Å². The number of hydrogen-bond acceptors (Lipinski definition) is 4. The van der Waals surface area contributed by atoms with Gasteiger partial charge in [0.25, 0.3) is 0 Å². The van der Waals surface area contributed by atoms with E-state index in [1.807, 2.05) is 6.92 Å². The Labute approximate surface area is 192 Å². The van der Waals surface area contributed by atoms with Gasteiger partial charge in [0, 0.05) is 25.1 Å². The molecule has 1 saturated carbocycles. The third-order valence-corrected chi connectivity index (χ3v) is 5.41. The summed E-state index contributed by atoms with van der Waals surface area (Å²) in [5.74, 6) is 0.602. The lowest BCUT2D eigenvalue weighted by atomic mass is 9.98. The van der Waals surface area contributed by atoms with Gasteiger partial charge in [0.15, 0.2) is 11.7 Å². The van der Waals surface area contributed by atoms with Crippen LogP contribution in [0, 0.1) is 0 Å². The number of thiazole rings is 1. The number of aromatic nitrogens is 1. The first-order valence-corrected chi connectivity index (χ1v) is 11.0. The molecule has 168 valence electrons. The van der Waals surface area contributed by atoms with Gasteiger partial charge in [0.1, 0.15) is 5.01 Å². The number of nitrogens with zero attached hydrogens (tertiary/aromatic N) is 2. The molecule has 1 aliphatic carbocycles. The van der Waals surface area contributed by atoms with Crippen LogP contribution in [0.4, 0.5) is 13.2 Å². The molecule has 1 fully saturated rings. The van der Waals surface area contributed by atoms with Crippen LogP contribution in [-0.4, -0.2) is 36.7 Å². The van der Waals surface area contributed by atoms with E-state index in [2.05, 4.69) is 20.6 Å². The summed E-state index contributed by atoms with van der Waals surface area (Å²) in [6.45, 7) is 4.36. The maximum atomic E-state index is 12.6. The van der Waals surface area contributed by atoms with Gasteiger partial charge in [-0.1, -0.05) is 19.3 Å². The van der Waals surface area contributed by atoms with Crippen molar-refractivity contribution in [2.75, 3.05) is 19.7 Å². The molecule has 0 unspecified atom stereocenters. The zero-order valence-corrected chi connectivity index (χ0v) is 20.0. The molecule has 0 atom stereocenters. The fourth-order valence-corrected chi connectivity index (χ4v) is 3.82. The number of ether oxygens (including phenoxy) is 1. The maximum Gasteiger partial charge on any atom is 0.434 e. The standard InChI is InChI=1S/C19H31F3N4OS.HI/c1-2-23-18(25-13-17-26-16(14-28-17)19(20,21)22)24-11-7-4-8-12-27-15-9-5-3-6-10-15;/h14-15H,2-13H2,1H3,(H2,23,24,25);1H. The Morgan fingerprint density at radius 1 is 1.21 bits per heavy atom. The van der Waals surface area contributed by atoms with Gasteiger partial charge >= 0.3 is 6.18 Å². The van der Waals surface area contributed by atoms with Crippen molar-refractivity contribution in [2.45, 2.75) is 77.1 Å². The molecule has 1 aromatic heterocycles. The van der Waals surface area contributed by atoms with Crippen LogP contribution in [0.5, 0.6) is 0 Å². The van der Waals surface area contributed by atoms with Crippen LogP contribution in [0.15, 0.2) is 10.4 Å². The molecule has 1 aromatic rings. The van der Waals surface area contributed by atoms with E-state index in [1.165, 1.54) is 32.1 Å². The fraction of sp³-hybridized carbons (Fsp3) is 0.789. The highest BCUT2D eigenvalue weighted by molar-refractivity contribution is 14.0. The summed E-state index contributed by atoms with van der Waals surface area (Å²) in [4.78, 5) is 7.92. The van der Waals surface area contributed by atoms with Crippen LogP contribution in [0.2, 0.25) is 0 Å². The Morgan fingerprint density at radius 2 is 1.97 bits per heavy atom. The molecule has 10 heteroatoms. The number of aliphatic imine (C=N–C) groups is 1. The van der Waals surface area contributed by atoms with Crippen molar-refractivity contribution in [2.24, 2.45) is 4.99 Å². The molecule has 0 radical (unpaired) electrons. The van der Waals surface area contributed by atoms with Crippen LogP contribution in [-0.2, 0) is 17.5 Å². The van der Waals surface area contributed by atoms with Gasteiger partial charge in [-0.05, 0) is 39.0 Å².